The minimum absolute atomic E-state index is 0. The first-order chi connectivity index (χ1) is 5.93. The van der Waals surface area contributed by atoms with Crippen LogP contribution in [0.3, 0.4) is 0 Å². The molecule has 3 nitrogen and oxygen atoms in total. The fourth-order valence-electron chi connectivity index (χ4n) is 1.39. The summed E-state index contributed by atoms with van der Waals surface area (Å²) in [5.41, 5.74) is 1.93. The van der Waals surface area contributed by atoms with Gasteiger partial charge in [0, 0.05) is 11.4 Å². The number of nitrogens with zero attached hydrogens (tertiary/aromatic N) is 3. The number of hydrogen-bond donors (Lipinski definition) is 0. The molecule has 0 aliphatic carbocycles. The van der Waals surface area contributed by atoms with Gasteiger partial charge in [-0.05, 0) is 18.2 Å². The van der Waals surface area contributed by atoms with E-state index >= 15 is 0 Å². The molecule has 0 atom stereocenters. The first kappa shape index (κ1) is 7.86. The van der Waals surface area contributed by atoms with Gasteiger partial charge in [-0.25, -0.2) is 9.98 Å². The highest BCUT2D eigenvalue weighted by atomic mass is 14.9. The first-order valence-corrected chi connectivity index (χ1v) is 3.72. The van der Waals surface area contributed by atoms with E-state index < -0.39 is 0 Å². The van der Waals surface area contributed by atoms with Crippen LogP contribution in [0.15, 0.2) is 27.1 Å². The van der Waals surface area contributed by atoms with Crippen molar-refractivity contribution < 1.29 is 0 Å². The highest BCUT2D eigenvalue weighted by Crippen LogP contribution is 2.11. The fraction of sp³-hybridized carbons (Fsp3) is 0.100. The van der Waals surface area contributed by atoms with Gasteiger partial charge in [0.05, 0.1) is 16.7 Å². The predicted molar refractivity (Wildman–Crippen MR) is 54.7 cm³/mol. The average Bonchev–Trinajstić information content (AvgIpc) is 2.64. The molecule has 2 aliphatic rings. The molecule has 1 aromatic rings. The van der Waals surface area contributed by atoms with Crippen LogP contribution in [0.4, 0.5) is 11.4 Å². The Balaban J connectivity index is 0.000000653. The second kappa shape index (κ2) is 2.62. The van der Waals surface area contributed by atoms with E-state index in [0.717, 1.165) is 22.0 Å². The van der Waals surface area contributed by atoms with E-state index in [-0.39, 0.29) is 7.43 Å². The van der Waals surface area contributed by atoms with Crippen molar-refractivity contribution in [2.24, 2.45) is 15.0 Å². The lowest BCUT2D eigenvalue weighted by molar-refractivity contribution is 1.40. The summed E-state index contributed by atoms with van der Waals surface area (Å²) < 4.78 is 0. The number of aliphatic imine (C=N–C) groups is 2. The number of fused-ring (bicyclic) bond motifs is 2. The van der Waals surface area contributed by atoms with E-state index in [1.165, 1.54) is 0 Å². The minimum Gasteiger partial charge on any atom is -0.256 e. The van der Waals surface area contributed by atoms with Gasteiger partial charge >= 0.3 is 0 Å². The predicted octanol–water partition coefficient (Wildman–Crippen LogP) is 1.11. The Kier molecular flexibility index (Phi) is 1.59. The van der Waals surface area contributed by atoms with Crippen LogP contribution in [-0.4, -0.2) is 12.6 Å². The maximum atomic E-state index is 4.18. The smallest absolute Gasteiger partial charge is 0.116 e. The number of rotatable bonds is 0. The summed E-state index contributed by atoms with van der Waals surface area (Å²) in [6, 6.07) is 3.96. The lowest BCUT2D eigenvalue weighted by Crippen LogP contribution is -2.06. The SMILES string of the molecule is C.C1=Nc2cc3c(cc2=C1)N=CN=3. The second-order valence-corrected chi connectivity index (χ2v) is 2.72. The van der Waals surface area contributed by atoms with Crippen LogP contribution < -0.4 is 10.6 Å². The van der Waals surface area contributed by atoms with E-state index in [4.69, 9.17) is 0 Å². The Bertz CT molecular complexity index is 474. The number of benzene rings is 1. The molecule has 0 fully saturated rings. The Morgan fingerprint density at radius 3 is 2.85 bits per heavy atom. The molecule has 0 radical (unpaired) electrons. The molecule has 0 amide bonds. The van der Waals surface area contributed by atoms with Gasteiger partial charge in [0.2, 0.25) is 0 Å². The molecular weight excluding hydrogens is 162 g/mol. The van der Waals surface area contributed by atoms with Gasteiger partial charge in [0.25, 0.3) is 0 Å². The lowest BCUT2D eigenvalue weighted by atomic mass is 10.2. The van der Waals surface area contributed by atoms with E-state index in [9.17, 15) is 0 Å². The van der Waals surface area contributed by atoms with Gasteiger partial charge in [-0.15, -0.1) is 0 Å². The maximum absolute atomic E-state index is 4.18. The Morgan fingerprint density at radius 2 is 1.92 bits per heavy atom. The van der Waals surface area contributed by atoms with Crippen LogP contribution in [0.25, 0.3) is 6.08 Å². The van der Waals surface area contributed by atoms with Crippen molar-refractivity contribution in [2.45, 2.75) is 7.43 Å². The molecule has 0 saturated carbocycles. The van der Waals surface area contributed by atoms with Crippen molar-refractivity contribution in [3.05, 3.63) is 22.7 Å². The van der Waals surface area contributed by atoms with Crippen LogP contribution in [0.2, 0.25) is 0 Å². The normalized spacial score (nSPS) is 14.2. The molecule has 0 N–H and O–H groups in total. The minimum atomic E-state index is 0. The van der Waals surface area contributed by atoms with Crippen LogP contribution in [0.5, 0.6) is 0 Å². The van der Waals surface area contributed by atoms with Crippen molar-refractivity contribution >= 4 is 30.0 Å². The lowest BCUT2D eigenvalue weighted by Gasteiger charge is -1.91. The average molecular weight is 171 g/mol. The zero-order valence-electron chi connectivity index (χ0n) is 6.23. The van der Waals surface area contributed by atoms with Gasteiger partial charge in [-0.1, -0.05) is 7.43 Å². The highest BCUT2D eigenvalue weighted by Gasteiger charge is 2.04. The molecule has 2 heterocycles. The zero-order valence-corrected chi connectivity index (χ0v) is 6.23. The summed E-state index contributed by atoms with van der Waals surface area (Å²) >= 11 is 0. The quantitative estimate of drug-likeness (QED) is 0.561. The largest absolute Gasteiger partial charge is 0.256 e. The molecule has 0 spiro atoms. The third-order valence-electron chi connectivity index (χ3n) is 1.99. The monoisotopic (exact) mass is 171 g/mol. The first-order valence-electron chi connectivity index (χ1n) is 3.72. The molecule has 0 aromatic heterocycles. The van der Waals surface area contributed by atoms with E-state index in [1.54, 1.807) is 12.6 Å². The van der Waals surface area contributed by atoms with Crippen LogP contribution in [0, 0.1) is 0 Å². The van der Waals surface area contributed by atoms with Gasteiger partial charge in [0.15, 0.2) is 0 Å². The van der Waals surface area contributed by atoms with Crippen LogP contribution >= 0.6 is 0 Å². The summed E-state index contributed by atoms with van der Waals surface area (Å²) in [6.07, 6.45) is 5.34. The summed E-state index contributed by atoms with van der Waals surface area (Å²) in [5.74, 6) is 0. The van der Waals surface area contributed by atoms with E-state index in [2.05, 4.69) is 15.0 Å². The highest BCUT2D eigenvalue weighted by molar-refractivity contribution is 5.97. The van der Waals surface area contributed by atoms with Crippen molar-refractivity contribution in [2.75, 3.05) is 0 Å². The van der Waals surface area contributed by atoms with E-state index in [0.29, 0.717) is 0 Å². The molecule has 13 heavy (non-hydrogen) atoms. The maximum Gasteiger partial charge on any atom is 0.116 e. The molecule has 0 unspecified atom stereocenters. The zero-order chi connectivity index (χ0) is 7.97. The van der Waals surface area contributed by atoms with Gasteiger partial charge in [-0.2, -0.15) is 0 Å². The van der Waals surface area contributed by atoms with Gasteiger partial charge < -0.3 is 0 Å². The summed E-state index contributed by atoms with van der Waals surface area (Å²) in [5, 5.41) is 2.05. The summed E-state index contributed by atoms with van der Waals surface area (Å²) in [6.45, 7) is 0. The molecule has 3 rings (SSSR count). The van der Waals surface area contributed by atoms with Crippen molar-refractivity contribution in [1.29, 1.82) is 0 Å². The van der Waals surface area contributed by atoms with E-state index in [1.807, 2.05) is 18.2 Å². The molecule has 0 saturated heterocycles. The van der Waals surface area contributed by atoms with Gasteiger partial charge in [-0.3, -0.25) is 4.99 Å². The van der Waals surface area contributed by atoms with Gasteiger partial charge in [0.1, 0.15) is 6.34 Å². The van der Waals surface area contributed by atoms with Crippen molar-refractivity contribution in [3.8, 4) is 0 Å². The number of hydrogen-bond acceptors (Lipinski definition) is 3. The Hall–Kier alpha value is -1.77. The standard InChI is InChI=1S/C9H5N3.CH4/c1-2-10-7-4-9-8(3-6(1)7)11-5-12-9;/h1-5H;1H4. The molecule has 3 heteroatoms. The molecule has 2 aliphatic heterocycles. The summed E-state index contributed by atoms with van der Waals surface area (Å²) in [7, 11) is 0. The van der Waals surface area contributed by atoms with Crippen molar-refractivity contribution in [3.63, 3.8) is 0 Å². The topological polar surface area (TPSA) is 37.1 Å². The summed E-state index contributed by atoms with van der Waals surface area (Å²) in [4.78, 5) is 12.4. The molecule has 64 valence electrons. The third-order valence-corrected chi connectivity index (χ3v) is 1.99. The Labute approximate surface area is 75.9 Å². The van der Waals surface area contributed by atoms with Crippen LogP contribution in [-0.2, 0) is 0 Å². The fourth-order valence-corrected chi connectivity index (χ4v) is 1.39. The molecule has 0 bridgehead atoms. The van der Waals surface area contributed by atoms with Crippen LogP contribution in [0.1, 0.15) is 7.43 Å². The molecule has 1 aromatic carbocycles. The third kappa shape index (κ3) is 1.01. The Morgan fingerprint density at radius 1 is 1.00 bits per heavy atom. The van der Waals surface area contributed by atoms with Crippen molar-refractivity contribution in [1.82, 2.24) is 0 Å². The molecular formula is C10H9N3. The second-order valence-electron chi connectivity index (χ2n) is 2.72.